The number of nitrogens with one attached hydrogen (secondary N) is 1. The molecule has 0 saturated heterocycles. The van der Waals surface area contributed by atoms with Crippen LogP contribution >= 0.6 is 15.9 Å². The average Bonchev–Trinajstić information content (AvgIpc) is 2.34. The van der Waals surface area contributed by atoms with Crippen molar-refractivity contribution in [2.75, 3.05) is 6.54 Å². The van der Waals surface area contributed by atoms with Crippen molar-refractivity contribution < 1.29 is 14.8 Å². The molecule has 2 N–H and O–H groups in total. The molecule has 1 unspecified atom stereocenters. The third-order valence-electron chi connectivity index (χ3n) is 2.60. The van der Waals surface area contributed by atoms with E-state index in [1.54, 1.807) is 0 Å². The number of aliphatic hydroxyl groups excluding tert-OH is 1. The molecule has 1 rings (SSSR count). The van der Waals surface area contributed by atoms with E-state index in [-0.39, 0.29) is 23.7 Å². The molecule has 0 aromatic heterocycles. The quantitative estimate of drug-likeness (QED) is 0.638. The lowest BCUT2D eigenvalue weighted by atomic mass is 10.1. The van der Waals surface area contributed by atoms with Gasteiger partial charge in [-0.3, -0.25) is 14.9 Å². The van der Waals surface area contributed by atoms with Crippen molar-refractivity contribution in [1.82, 2.24) is 5.32 Å². The fraction of sp³-hybridized carbons (Fsp3) is 0.417. The molecule has 0 radical (unpaired) electrons. The van der Waals surface area contributed by atoms with Crippen molar-refractivity contribution in [3.63, 3.8) is 0 Å². The SMILES string of the molecule is CC(C)C(O)CNC(=O)c1cc(Br)cc([N+](=O)[O-])c1. The fourth-order valence-electron chi connectivity index (χ4n) is 1.35. The van der Waals surface area contributed by atoms with Gasteiger partial charge in [0.15, 0.2) is 0 Å². The summed E-state index contributed by atoms with van der Waals surface area (Å²) in [4.78, 5) is 22.0. The highest BCUT2D eigenvalue weighted by molar-refractivity contribution is 9.10. The fourth-order valence-corrected chi connectivity index (χ4v) is 1.83. The Labute approximate surface area is 119 Å². The first-order valence-corrected chi connectivity index (χ1v) is 6.51. The van der Waals surface area contributed by atoms with Crippen LogP contribution in [-0.4, -0.2) is 28.6 Å². The number of nitrogens with zero attached hydrogens (tertiary/aromatic N) is 1. The lowest BCUT2D eigenvalue weighted by molar-refractivity contribution is -0.385. The van der Waals surface area contributed by atoms with Crippen molar-refractivity contribution in [2.45, 2.75) is 20.0 Å². The number of nitro groups is 1. The van der Waals surface area contributed by atoms with Crippen molar-refractivity contribution >= 4 is 27.5 Å². The van der Waals surface area contributed by atoms with Gasteiger partial charge in [0.1, 0.15) is 0 Å². The lowest BCUT2D eigenvalue weighted by Gasteiger charge is -2.15. The van der Waals surface area contributed by atoms with Crippen LogP contribution in [0.3, 0.4) is 0 Å². The van der Waals surface area contributed by atoms with Crippen LogP contribution < -0.4 is 5.32 Å². The highest BCUT2D eigenvalue weighted by atomic mass is 79.9. The largest absolute Gasteiger partial charge is 0.391 e. The molecule has 7 heteroatoms. The molecule has 104 valence electrons. The molecule has 0 saturated carbocycles. The number of hydrogen-bond acceptors (Lipinski definition) is 4. The first kappa shape index (κ1) is 15.6. The van der Waals surface area contributed by atoms with Crippen molar-refractivity contribution in [1.29, 1.82) is 0 Å². The summed E-state index contributed by atoms with van der Waals surface area (Å²) in [6.07, 6.45) is -0.647. The number of halogens is 1. The summed E-state index contributed by atoms with van der Waals surface area (Å²) in [5, 5.41) is 22.8. The highest BCUT2D eigenvalue weighted by Crippen LogP contribution is 2.21. The summed E-state index contributed by atoms with van der Waals surface area (Å²) in [7, 11) is 0. The minimum atomic E-state index is -0.647. The van der Waals surface area contributed by atoms with E-state index in [2.05, 4.69) is 21.2 Å². The third-order valence-corrected chi connectivity index (χ3v) is 3.05. The Hall–Kier alpha value is -1.47. The summed E-state index contributed by atoms with van der Waals surface area (Å²) >= 11 is 3.12. The summed E-state index contributed by atoms with van der Waals surface area (Å²) in [5.74, 6) is -0.429. The second-order valence-electron chi connectivity index (χ2n) is 4.48. The summed E-state index contributed by atoms with van der Waals surface area (Å²) in [6.45, 7) is 3.78. The van der Waals surface area contributed by atoms with E-state index < -0.39 is 16.9 Å². The van der Waals surface area contributed by atoms with Gasteiger partial charge >= 0.3 is 0 Å². The van der Waals surface area contributed by atoms with Gasteiger partial charge in [-0.05, 0) is 12.0 Å². The molecular weight excluding hydrogens is 316 g/mol. The van der Waals surface area contributed by atoms with Gasteiger partial charge in [0.25, 0.3) is 11.6 Å². The Morgan fingerprint density at radius 3 is 2.63 bits per heavy atom. The van der Waals surface area contributed by atoms with E-state index >= 15 is 0 Å². The Morgan fingerprint density at radius 1 is 1.47 bits per heavy atom. The highest BCUT2D eigenvalue weighted by Gasteiger charge is 2.15. The molecule has 0 fully saturated rings. The Bertz CT molecular complexity index is 491. The number of carbonyl (C=O) groups is 1. The number of benzene rings is 1. The van der Waals surface area contributed by atoms with Crippen LogP contribution in [0, 0.1) is 16.0 Å². The third kappa shape index (κ3) is 4.60. The van der Waals surface area contributed by atoms with Crippen LogP contribution in [0.2, 0.25) is 0 Å². The Kier molecular flexibility index (Phi) is 5.44. The zero-order valence-electron chi connectivity index (χ0n) is 10.6. The predicted octanol–water partition coefficient (Wildman–Crippen LogP) is 2.10. The van der Waals surface area contributed by atoms with Gasteiger partial charge in [0.05, 0.1) is 11.0 Å². The van der Waals surface area contributed by atoms with Gasteiger partial charge < -0.3 is 10.4 Å². The van der Waals surface area contributed by atoms with Crippen LogP contribution in [0.25, 0.3) is 0 Å². The molecule has 1 aromatic carbocycles. The molecule has 0 aliphatic heterocycles. The van der Waals surface area contributed by atoms with Gasteiger partial charge in [-0.15, -0.1) is 0 Å². The average molecular weight is 331 g/mol. The van der Waals surface area contributed by atoms with Crippen molar-refractivity contribution in [2.24, 2.45) is 5.92 Å². The number of nitro benzene ring substituents is 1. The molecule has 6 nitrogen and oxygen atoms in total. The molecule has 1 amide bonds. The maximum atomic E-state index is 11.8. The number of amides is 1. The van der Waals surface area contributed by atoms with Crippen LogP contribution in [0.5, 0.6) is 0 Å². The number of aliphatic hydroxyl groups is 1. The summed E-state index contributed by atoms with van der Waals surface area (Å²) < 4.78 is 0.455. The van der Waals surface area contributed by atoms with E-state index in [1.165, 1.54) is 18.2 Å². The van der Waals surface area contributed by atoms with Gasteiger partial charge in [-0.1, -0.05) is 29.8 Å². The van der Waals surface area contributed by atoms with Gasteiger partial charge in [-0.25, -0.2) is 0 Å². The molecule has 1 aromatic rings. The number of non-ortho nitro benzene ring substituents is 1. The van der Waals surface area contributed by atoms with Crippen molar-refractivity contribution in [3.05, 3.63) is 38.3 Å². The molecule has 0 aliphatic carbocycles. The van der Waals surface area contributed by atoms with Crippen LogP contribution in [0.4, 0.5) is 5.69 Å². The standard InChI is InChI=1S/C12H15BrN2O4/c1-7(2)11(16)6-14-12(17)8-3-9(13)5-10(4-8)15(18)19/h3-5,7,11,16H,6H2,1-2H3,(H,14,17). The van der Waals surface area contributed by atoms with Crippen LogP contribution in [-0.2, 0) is 0 Å². The normalized spacial score (nSPS) is 12.3. The molecule has 1 atom stereocenters. The van der Waals surface area contributed by atoms with E-state index in [0.29, 0.717) is 4.47 Å². The van der Waals surface area contributed by atoms with E-state index in [0.717, 1.165) is 0 Å². The molecule has 19 heavy (non-hydrogen) atoms. The van der Waals surface area contributed by atoms with E-state index in [9.17, 15) is 20.0 Å². The lowest BCUT2D eigenvalue weighted by Crippen LogP contribution is -2.34. The van der Waals surface area contributed by atoms with Crippen molar-refractivity contribution in [3.8, 4) is 0 Å². The monoisotopic (exact) mass is 330 g/mol. The number of rotatable bonds is 5. The first-order valence-electron chi connectivity index (χ1n) is 5.72. The molecule has 0 bridgehead atoms. The molecule has 0 heterocycles. The number of carbonyl (C=O) groups excluding carboxylic acids is 1. The summed E-state index contributed by atoms with van der Waals surface area (Å²) in [6, 6.07) is 4.01. The minimum Gasteiger partial charge on any atom is -0.391 e. The van der Waals surface area contributed by atoms with E-state index in [4.69, 9.17) is 0 Å². The zero-order chi connectivity index (χ0) is 14.6. The molecule has 0 aliphatic rings. The second kappa shape index (κ2) is 6.63. The maximum absolute atomic E-state index is 11.8. The minimum absolute atomic E-state index is 0.0251. The zero-order valence-corrected chi connectivity index (χ0v) is 12.2. The Balaban J connectivity index is 2.80. The van der Waals surface area contributed by atoms with Gasteiger partial charge in [-0.2, -0.15) is 0 Å². The Morgan fingerprint density at radius 2 is 2.11 bits per heavy atom. The smallest absolute Gasteiger partial charge is 0.271 e. The molecular formula is C12H15BrN2O4. The van der Waals surface area contributed by atoms with E-state index in [1.807, 2.05) is 13.8 Å². The summed E-state index contributed by atoms with van der Waals surface area (Å²) in [5.41, 5.74) is 0.0148. The topological polar surface area (TPSA) is 92.5 Å². The maximum Gasteiger partial charge on any atom is 0.271 e. The second-order valence-corrected chi connectivity index (χ2v) is 5.39. The predicted molar refractivity (Wildman–Crippen MR) is 74.0 cm³/mol. The van der Waals surface area contributed by atoms with Gasteiger partial charge in [0.2, 0.25) is 0 Å². The first-order chi connectivity index (χ1) is 8.81. The van der Waals surface area contributed by atoms with Gasteiger partial charge in [0, 0.05) is 28.7 Å². The van der Waals surface area contributed by atoms with Crippen LogP contribution in [0.1, 0.15) is 24.2 Å². The molecule has 0 spiro atoms. The van der Waals surface area contributed by atoms with Crippen LogP contribution in [0.15, 0.2) is 22.7 Å². The number of hydrogen-bond donors (Lipinski definition) is 2.